The van der Waals surface area contributed by atoms with Gasteiger partial charge in [-0.25, -0.2) is 9.97 Å². The van der Waals surface area contributed by atoms with Crippen LogP contribution in [0.2, 0.25) is 5.02 Å². The van der Waals surface area contributed by atoms with Crippen LogP contribution < -0.4 is 16.0 Å². The van der Waals surface area contributed by atoms with Crippen LogP contribution >= 0.6 is 11.6 Å². The molecule has 11 heteroatoms. The maximum Gasteiger partial charge on any atom is 0.403 e. The molecule has 184 valence electrons. The maximum atomic E-state index is 12.8. The largest absolute Gasteiger partial charge is 0.403 e. The standard InChI is InChI=1S/C23H27ClF3N5O2/c24-17-13-30-21(32-22(33)15-4-5-19(28-12-15)23(25,26)27)10-16(17)18-2-1-3-20(31-18)29-11-14-6-8-34-9-7-14/h1-3,10,13-15,19,28H,4-9,11-12H2,(H,29,31)(H,30,32,33)/t15-,19+/m0/s1. The zero-order valence-corrected chi connectivity index (χ0v) is 19.3. The number of rotatable bonds is 6. The molecule has 2 aromatic rings. The molecule has 34 heavy (non-hydrogen) atoms. The monoisotopic (exact) mass is 497 g/mol. The van der Waals surface area contributed by atoms with Crippen LogP contribution in [0, 0.1) is 11.8 Å². The van der Waals surface area contributed by atoms with Crippen LogP contribution in [-0.2, 0) is 9.53 Å². The Balaban J connectivity index is 1.39. The fourth-order valence-electron chi connectivity index (χ4n) is 4.17. The highest BCUT2D eigenvalue weighted by Gasteiger charge is 2.42. The lowest BCUT2D eigenvalue weighted by molar-refractivity contribution is -0.163. The Hall–Kier alpha value is -2.43. The van der Waals surface area contributed by atoms with Gasteiger partial charge >= 0.3 is 6.18 Å². The number of aromatic nitrogens is 2. The van der Waals surface area contributed by atoms with Crippen molar-refractivity contribution in [3.8, 4) is 11.3 Å². The average Bonchev–Trinajstić information content (AvgIpc) is 2.84. The van der Waals surface area contributed by atoms with E-state index in [4.69, 9.17) is 16.3 Å². The van der Waals surface area contributed by atoms with Crippen molar-refractivity contribution < 1.29 is 22.7 Å². The first-order valence-electron chi connectivity index (χ1n) is 11.3. The summed E-state index contributed by atoms with van der Waals surface area (Å²) < 4.78 is 43.9. The van der Waals surface area contributed by atoms with Gasteiger partial charge in [-0.2, -0.15) is 13.2 Å². The van der Waals surface area contributed by atoms with Gasteiger partial charge in [-0.3, -0.25) is 4.79 Å². The van der Waals surface area contributed by atoms with Crippen molar-refractivity contribution in [1.82, 2.24) is 15.3 Å². The molecule has 0 aliphatic carbocycles. The van der Waals surface area contributed by atoms with Gasteiger partial charge in [0.15, 0.2) is 0 Å². The minimum absolute atomic E-state index is 0.0428. The Labute approximate surface area is 200 Å². The second-order valence-electron chi connectivity index (χ2n) is 8.66. The van der Waals surface area contributed by atoms with E-state index in [1.165, 1.54) is 6.20 Å². The third-order valence-electron chi connectivity index (χ3n) is 6.22. The lowest BCUT2D eigenvalue weighted by atomic mass is 9.93. The van der Waals surface area contributed by atoms with Gasteiger partial charge in [0.1, 0.15) is 17.7 Å². The Morgan fingerprint density at radius 2 is 1.97 bits per heavy atom. The molecule has 4 rings (SSSR count). The van der Waals surface area contributed by atoms with Crippen molar-refractivity contribution >= 4 is 29.1 Å². The van der Waals surface area contributed by atoms with E-state index in [9.17, 15) is 18.0 Å². The van der Waals surface area contributed by atoms with Crippen LogP contribution in [-0.4, -0.2) is 54.4 Å². The number of hydrogen-bond donors (Lipinski definition) is 3. The molecular weight excluding hydrogens is 471 g/mol. The smallest absolute Gasteiger partial charge is 0.381 e. The number of nitrogens with zero attached hydrogens (tertiary/aromatic N) is 2. The van der Waals surface area contributed by atoms with Gasteiger partial charge in [-0.15, -0.1) is 0 Å². The minimum atomic E-state index is -4.31. The summed E-state index contributed by atoms with van der Waals surface area (Å²) in [6.45, 7) is 2.32. The summed E-state index contributed by atoms with van der Waals surface area (Å²) >= 11 is 6.36. The summed E-state index contributed by atoms with van der Waals surface area (Å²) in [6, 6.07) is 5.61. The van der Waals surface area contributed by atoms with Crippen LogP contribution in [0.15, 0.2) is 30.5 Å². The number of amides is 1. The van der Waals surface area contributed by atoms with E-state index in [0.29, 0.717) is 22.2 Å². The van der Waals surface area contributed by atoms with Gasteiger partial charge in [0, 0.05) is 38.1 Å². The fourth-order valence-corrected chi connectivity index (χ4v) is 4.37. The molecule has 2 aliphatic heterocycles. The Kier molecular flexibility index (Phi) is 7.90. The third-order valence-corrected chi connectivity index (χ3v) is 6.53. The van der Waals surface area contributed by atoms with Gasteiger partial charge < -0.3 is 20.7 Å². The van der Waals surface area contributed by atoms with Crippen molar-refractivity contribution in [3.05, 3.63) is 35.5 Å². The SMILES string of the molecule is O=C(Nc1cc(-c2cccc(NCC3CCOCC3)n2)c(Cl)cn1)[C@H]1CC[C@H](C(F)(F)F)NC1. The summed E-state index contributed by atoms with van der Waals surface area (Å²) in [6.07, 6.45) is -0.854. The molecule has 3 N–H and O–H groups in total. The van der Waals surface area contributed by atoms with Crippen molar-refractivity contribution in [2.45, 2.75) is 37.9 Å². The molecule has 0 bridgehead atoms. The number of piperidine rings is 1. The highest BCUT2D eigenvalue weighted by molar-refractivity contribution is 6.33. The number of anilines is 2. The van der Waals surface area contributed by atoms with Crippen molar-refractivity contribution in [2.75, 3.05) is 36.9 Å². The van der Waals surface area contributed by atoms with E-state index in [1.54, 1.807) is 6.07 Å². The molecular formula is C23H27ClF3N5O2. The minimum Gasteiger partial charge on any atom is -0.381 e. The number of halogens is 4. The third kappa shape index (κ3) is 6.37. The van der Waals surface area contributed by atoms with E-state index in [0.717, 1.165) is 38.4 Å². The second kappa shape index (κ2) is 10.9. The summed E-state index contributed by atoms with van der Waals surface area (Å²) in [5.41, 5.74) is 1.22. The van der Waals surface area contributed by atoms with Crippen LogP contribution in [0.25, 0.3) is 11.3 Å². The lowest BCUT2D eigenvalue weighted by Gasteiger charge is -2.30. The van der Waals surface area contributed by atoms with Gasteiger partial charge in [-0.1, -0.05) is 17.7 Å². The summed E-state index contributed by atoms with van der Waals surface area (Å²) in [5, 5.41) is 8.85. The first kappa shape index (κ1) is 24.7. The Morgan fingerprint density at radius 1 is 1.18 bits per heavy atom. The quantitative estimate of drug-likeness (QED) is 0.544. The van der Waals surface area contributed by atoms with Gasteiger partial charge in [0.05, 0.1) is 16.6 Å². The van der Waals surface area contributed by atoms with Crippen molar-refractivity contribution in [1.29, 1.82) is 0 Å². The number of carbonyl (C=O) groups excluding carboxylic acids is 1. The van der Waals surface area contributed by atoms with Crippen molar-refractivity contribution in [2.24, 2.45) is 11.8 Å². The molecule has 2 atom stereocenters. The normalized spacial score (nSPS) is 21.8. The highest BCUT2D eigenvalue weighted by Crippen LogP contribution is 2.31. The topological polar surface area (TPSA) is 88.2 Å². The first-order chi connectivity index (χ1) is 16.3. The molecule has 2 fully saturated rings. The number of carbonyl (C=O) groups is 1. The molecule has 2 aliphatic rings. The van der Waals surface area contributed by atoms with Gasteiger partial charge in [0.25, 0.3) is 0 Å². The van der Waals surface area contributed by atoms with Crippen LogP contribution in [0.1, 0.15) is 25.7 Å². The number of ether oxygens (including phenoxy) is 1. The lowest BCUT2D eigenvalue weighted by Crippen LogP contribution is -2.50. The molecule has 7 nitrogen and oxygen atoms in total. The average molecular weight is 498 g/mol. The van der Waals surface area contributed by atoms with E-state index in [1.807, 2.05) is 18.2 Å². The first-order valence-corrected chi connectivity index (χ1v) is 11.7. The fraction of sp³-hybridized carbons (Fsp3) is 0.522. The highest BCUT2D eigenvalue weighted by atomic mass is 35.5. The zero-order chi connectivity index (χ0) is 24.1. The molecule has 4 heterocycles. The number of hydrogen-bond acceptors (Lipinski definition) is 6. The number of nitrogens with one attached hydrogen (secondary N) is 3. The van der Waals surface area contributed by atoms with Crippen LogP contribution in [0.3, 0.4) is 0 Å². The van der Waals surface area contributed by atoms with Gasteiger partial charge in [0.2, 0.25) is 5.91 Å². The molecule has 0 aromatic carbocycles. The van der Waals surface area contributed by atoms with Crippen molar-refractivity contribution in [3.63, 3.8) is 0 Å². The molecule has 0 unspecified atom stereocenters. The summed E-state index contributed by atoms with van der Waals surface area (Å²) in [5.74, 6) is 0.565. The molecule has 0 saturated carbocycles. The molecule has 0 radical (unpaired) electrons. The predicted molar refractivity (Wildman–Crippen MR) is 124 cm³/mol. The van der Waals surface area contributed by atoms with Crippen LogP contribution in [0.4, 0.5) is 24.8 Å². The maximum absolute atomic E-state index is 12.8. The number of alkyl halides is 3. The number of pyridine rings is 2. The molecule has 2 aromatic heterocycles. The Morgan fingerprint density at radius 3 is 2.68 bits per heavy atom. The van der Waals surface area contributed by atoms with Gasteiger partial charge in [-0.05, 0) is 49.8 Å². The van der Waals surface area contributed by atoms with E-state index in [2.05, 4.69) is 25.9 Å². The van der Waals surface area contributed by atoms with E-state index >= 15 is 0 Å². The summed E-state index contributed by atoms with van der Waals surface area (Å²) in [7, 11) is 0. The second-order valence-corrected chi connectivity index (χ2v) is 9.07. The van der Waals surface area contributed by atoms with Crippen LogP contribution in [0.5, 0.6) is 0 Å². The molecule has 0 spiro atoms. The van der Waals surface area contributed by atoms with E-state index < -0.39 is 18.1 Å². The Bertz CT molecular complexity index is 993. The predicted octanol–water partition coefficient (Wildman–Crippen LogP) is 4.50. The molecule has 1 amide bonds. The molecule has 2 saturated heterocycles. The zero-order valence-electron chi connectivity index (χ0n) is 18.5. The summed E-state index contributed by atoms with van der Waals surface area (Å²) in [4.78, 5) is 21.4. The van der Waals surface area contributed by atoms with E-state index in [-0.39, 0.29) is 31.1 Å².